The Morgan fingerprint density at radius 1 is 1.11 bits per heavy atom. The molecule has 1 aliphatic rings. The summed E-state index contributed by atoms with van der Waals surface area (Å²) in [4.78, 5) is 14.7. The van der Waals surface area contributed by atoms with Crippen LogP contribution in [0.4, 0.5) is 10.5 Å². The lowest BCUT2D eigenvalue weighted by molar-refractivity contribution is 0.212. The smallest absolute Gasteiger partial charge is 0.322 e. The Bertz CT molecular complexity index is 1120. The molecule has 2 aromatic carbocycles. The van der Waals surface area contributed by atoms with E-state index in [0.717, 1.165) is 5.56 Å². The molecule has 0 radical (unpaired) electrons. The maximum atomic E-state index is 12.9. The molecular formula is C20H19N3O4S. The maximum absolute atomic E-state index is 12.9. The second-order valence-corrected chi connectivity index (χ2v) is 8.69. The Hall–Kier alpha value is -3.13. The largest absolute Gasteiger partial charge is 0.354 e. The molecule has 8 heteroatoms. The van der Waals surface area contributed by atoms with Gasteiger partial charge in [-0.25, -0.2) is 13.2 Å². The average molecular weight is 397 g/mol. The number of anilines is 1. The van der Waals surface area contributed by atoms with E-state index in [2.05, 4.69) is 10.5 Å². The molecule has 1 N–H and O–H groups in total. The first-order chi connectivity index (χ1) is 13.5. The number of rotatable bonds is 2. The second kappa shape index (κ2) is 7.12. The summed E-state index contributed by atoms with van der Waals surface area (Å²) < 4.78 is 30.4. The van der Waals surface area contributed by atoms with Crippen LogP contribution in [0.15, 0.2) is 64.0 Å². The van der Waals surface area contributed by atoms with Crippen molar-refractivity contribution in [3.63, 3.8) is 0 Å². The summed E-state index contributed by atoms with van der Waals surface area (Å²) in [6.45, 7) is 2.06. The minimum Gasteiger partial charge on any atom is -0.354 e. The third-order valence-electron chi connectivity index (χ3n) is 4.72. The lowest BCUT2D eigenvalue weighted by Gasteiger charge is -2.21. The molecule has 0 saturated heterocycles. The number of hydrogen-bond acceptors (Lipinski definition) is 5. The van der Waals surface area contributed by atoms with Crippen LogP contribution in [0, 0.1) is 6.92 Å². The zero-order chi connectivity index (χ0) is 19.7. The van der Waals surface area contributed by atoms with Gasteiger partial charge in [-0.1, -0.05) is 53.7 Å². The number of aryl methyl sites for hydroxylation is 1. The molecule has 0 bridgehead atoms. The van der Waals surface area contributed by atoms with Crippen LogP contribution < -0.4 is 5.32 Å². The molecule has 4 rings (SSSR count). The van der Waals surface area contributed by atoms with E-state index in [0.29, 0.717) is 22.7 Å². The third-order valence-corrected chi connectivity index (χ3v) is 6.51. The van der Waals surface area contributed by atoms with Gasteiger partial charge in [0.25, 0.3) is 0 Å². The fourth-order valence-electron chi connectivity index (χ4n) is 3.23. The number of carbonyl (C=O) groups excluding carboxylic acids is 1. The molecule has 0 saturated carbocycles. The van der Waals surface area contributed by atoms with E-state index in [4.69, 9.17) is 4.52 Å². The zero-order valence-corrected chi connectivity index (χ0v) is 16.1. The lowest BCUT2D eigenvalue weighted by atomic mass is 10.1. The molecule has 7 nitrogen and oxygen atoms in total. The highest BCUT2D eigenvalue weighted by atomic mass is 32.2. The van der Waals surface area contributed by atoms with Gasteiger partial charge >= 0.3 is 6.03 Å². The second-order valence-electron chi connectivity index (χ2n) is 6.62. The van der Waals surface area contributed by atoms with Crippen molar-refractivity contribution in [3.8, 4) is 11.3 Å². The molecule has 2 amide bonds. The van der Waals surface area contributed by atoms with Crippen LogP contribution >= 0.6 is 0 Å². The van der Waals surface area contributed by atoms with Crippen LogP contribution in [-0.2, 0) is 16.4 Å². The molecule has 3 aromatic rings. The predicted molar refractivity (Wildman–Crippen MR) is 105 cm³/mol. The third kappa shape index (κ3) is 3.38. The van der Waals surface area contributed by atoms with Crippen molar-refractivity contribution in [1.82, 2.24) is 10.1 Å². The van der Waals surface area contributed by atoms with Gasteiger partial charge in [0, 0.05) is 18.7 Å². The molecule has 1 aromatic heterocycles. The first kappa shape index (κ1) is 18.2. The first-order valence-corrected chi connectivity index (χ1v) is 10.5. The number of sulfone groups is 1. The minimum absolute atomic E-state index is 0.105. The van der Waals surface area contributed by atoms with Crippen molar-refractivity contribution in [1.29, 1.82) is 0 Å². The number of fused-ring (bicyclic) bond motifs is 1. The van der Waals surface area contributed by atoms with E-state index in [1.165, 1.54) is 4.90 Å². The number of nitrogens with zero attached hydrogens (tertiary/aromatic N) is 2. The SMILES string of the molecule is Cc1noc(-c2ccccc2)c1NC(=O)N1CCS(=O)(=O)c2ccccc2C1. The van der Waals surface area contributed by atoms with E-state index < -0.39 is 15.9 Å². The van der Waals surface area contributed by atoms with Crippen LogP contribution in [-0.4, -0.2) is 36.8 Å². The monoisotopic (exact) mass is 397 g/mol. The van der Waals surface area contributed by atoms with Crippen molar-refractivity contribution < 1.29 is 17.7 Å². The van der Waals surface area contributed by atoms with Gasteiger partial charge < -0.3 is 14.7 Å². The Balaban J connectivity index is 1.62. The Kier molecular flexibility index (Phi) is 4.64. The van der Waals surface area contributed by atoms with Crippen molar-refractivity contribution in [2.75, 3.05) is 17.6 Å². The van der Waals surface area contributed by atoms with Gasteiger partial charge in [-0.3, -0.25) is 0 Å². The van der Waals surface area contributed by atoms with E-state index in [1.54, 1.807) is 31.2 Å². The van der Waals surface area contributed by atoms with Gasteiger partial charge in [-0.2, -0.15) is 0 Å². The Labute approximate surface area is 162 Å². The maximum Gasteiger partial charge on any atom is 0.322 e. The van der Waals surface area contributed by atoms with Crippen molar-refractivity contribution in [3.05, 3.63) is 65.9 Å². The Morgan fingerprint density at radius 3 is 2.61 bits per heavy atom. The molecule has 0 spiro atoms. The van der Waals surface area contributed by atoms with E-state index >= 15 is 0 Å². The van der Waals surface area contributed by atoms with Gasteiger partial charge in [0.05, 0.1) is 10.6 Å². The summed E-state index contributed by atoms with van der Waals surface area (Å²) in [5, 5.41) is 6.81. The summed E-state index contributed by atoms with van der Waals surface area (Å²) >= 11 is 0. The van der Waals surface area contributed by atoms with Gasteiger partial charge in [-0.05, 0) is 18.6 Å². The molecule has 144 valence electrons. The normalized spacial score (nSPS) is 15.5. The molecule has 2 heterocycles. The zero-order valence-electron chi connectivity index (χ0n) is 15.3. The average Bonchev–Trinajstić information content (AvgIpc) is 2.99. The topological polar surface area (TPSA) is 92.5 Å². The predicted octanol–water partition coefficient (Wildman–Crippen LogP) is 3.47. The van der Waals surface area contributed by atoms with Crippen molar-refractivity contribution >= 4 is 21.6 Å². The van der Waals surface area contributed by atoms with E-state index in [-0.39, 0.29) is 23.7 Å². The molecule has 1 aliphatic heterocycles. The first-order valence-electron chi connectivity index (χ1n) is 8.84. The molecule has 28 heavy (non-hydrogen) atoms. The summed E-state index contributed by atoms with van der Waals surface area (Å²) in [6, 6.07) is 15.8. The van der Waals surface area contributed by atoms with Crippen LogP contribution in [0.2, 0.25) is 0 Å². The number of benzene rings is 2. The van der Waals surface area contributed by atoms with E-state index in [1.807, 2.05) is 30.3 Å². The number of nitrogens with one attached hydrogen (secondary N) is 1. The highest BCUT2D eigenvalue weighted by Crippen LogP contribution is 2.31. The van der Waals surface area contributed by atoms with Gasteiger partial charge in [0.15, 0.2) is 15.6 Å². The van der Waals surface area contributed by atoms with Gasteiger partial charge in [0.1, 0.15) is 11.4 Å². The van der Waals surface area contributed by atoms with Crippen LogP contribution in [0.3, 0.4) is 0 Å². The van der Waals surface area contributed by atoms with Crippen molar-refractivity contribution in [2.45, 2.75) is 18.4 Å². The molecule has 0 fully saturated rings. The summed E-state index contributed by atoms with van der Waals surface area (Å²) in [6.07, 6.45) is 0. The lowest BCUT2D eigenvalue weighted by Crippen LogP contribution is -2.36. The van der Waals surface area contributed by atoms with Crippen LogP contribution in [0.1, 0.15) is 11.3 Å². The van der Waals surface area contributed by atoms with Crippen LogP contribution in [0.25, 0.3) is 11.3 Å². The molecule has 0 unspecified atom stereocenters. The fraction of sp³-hybridized carbons (Fsp3) is 0.200. The Morgan fingerprint density at radius 2 is 1.82 bits per heavy atom. The molecular weight excluding hydrogens is 378 g/mol. The van der Waals surface area contributed by atoms with E-state index in [9.17, 15) is 13.2 Å². The number of amides is 2. The number of carbonyl (C=O) groups is 1. The van der Waals surface area contributed by atoms with Crippen LogP contribution in [0.5, 0.6) is 0 Å². The highest BCUT2D eigenvalue weighted by molar-refractivity contribution is 7.91. The summed E-state index contributed by atoms with van der Waals surface area (Å²) in [5.74, 6) is 0.347. The fourth-order valence-corrected chi connectivity index (χ4v) is 4.72. The van der Waals surface area contributed by atoms with Gasteiger partial charge in [-0.15, -0.1) is 0 Å². The summed E-state index contributed by atoms with van der Waals surface area (Å²) in [7, 11) is -3.42. The van der Waals surface area contributed by atoms with Crippen molar-refractivity contribution in [2.24, 2.45) is 0 Å². The number of urea groups is 1. The molecule has 0 aliphatic carbocycles. The van der Waals surface area contributed by atoms with Gasteiger partial charge in [0.2, 0.25) is 0 Å². The molecule has 0 atom stereocenters. The minimum atomic E-state index is -3.42. The quantitative estimate of drug-likeness (QED) is 0.715. The standard InChI is InChI=1S/C20H19N3O4S/c1-14-18(19(27-22-14)15-7-3-2-4-8-15)21-20(24)23-11-12-28(25,26)17-10-6-5-9-16(17)13-23/h2-10H,11-13H2,1H3,(H,21,24). The highest BCUT2D eigenvalue weighted by Gasteiger charge is 2.28. The number of aromatic nitrogens is 1. The number of hydrogen-bond donors (Lipinski definition) is 1. The summed E-state index contributed by atoms with van der Waals surface area (Å²) in [5.41, 5.74) is 2.44.